The molecule has 0 aromatic rings. The summed E-state index contributed by atoms with van der Waals surface area (Å²) in [7, 11) is 0. The molecule has 2 aliphatic rings. The predicted molar refractivity (Wildman–Crippen MR) is 336 cm³/mol. The van der Waals surface area contributed by atoms with E-state index >= 15 is 0 Å². The van der Waals surface area contributed by atoms with Crippen LogP contribution < -0.4 is 5.32 Å². The molecule has 0 aromatic carbocycles. The lowest BCUT2D eigenvalue weighted by molar-refractivity contribution is -0.359. The van der Waals surface area contributed by atoms with Crippen LogP contribution in [0.4, 0.5) is 0 Å². The van der Waals surface area contributed by atoms with Crippen molar-refractivity contribution < 1.29 is 64.6 Å². The highest BCUT2D eigenvalue weighted by atomic mass is 16.7. The summed E-state index contributed by atoms with van der Waals surface area (Å²) in [5.74, 6) is -0.276. The lowest BCUT2D eigenvalue weighted by Gasteiger charge is -2.46. The fourth-order valence-electron chi connectivity index (χ4n) is 9.75. The molecule has 83 heavy (non-hydrogen) atoms. The highest BCUT2D eigenvalue weighted by molar-refractivity contribution is 5.76. The zero-order valence-corrected chi connectivity index (χ0v) is 51.1. The Hall–Kier alpha value is -3.61. The van der Waals surface area contributed by atoms with Gasteiger partial charge in [-0.2, -0.15) is 0 Å². The minimum Gasteiger partial charge on any atom is -0.394 e. The van der Waals surface area contributed by atoms with Crippen molar-refractivity contribution >= 4 is 5.91 Å². The van der Waals surface area contributed by atoms with Gasteiger partial charge in [-0.05, 0) is 89.9 Å². The summed E-state index contributed by atoms with van der Waals surface area (Å²) in [4.78, 5) is 13.3. The van der Waals surface area contributed by atoms with Gasteiger partial charge in [-0.25, -0.2) is 0 Å². The number of amides is 1. The molecule has 2 fully saturated rings. The van der Waals surface area contributed by atoms with Crippen molar-refractivity contribution in [1.29, 1.82) is 0 Å². The normalized spacial score (nSPS) is 24.7. The Kier molecular flexibility index (Phi) is 47.9. The number of unbranched alkanes of at least 4 members (excludes halogenated alkanes) is 19. The van der Waals surface area contributed by atoms with Gasteiger partial charge in [0.15, 0.2) is 12.6 Å². The second-order valence-corrected chi connectivity index (χ2v) is 22.2. The summed E-state index contributed by atoms with van der Waals surface area (Å²) >= 11 is 0. The second-order valence-electron chi connectivity index (χ2n) is 22.2. The van der Waals surface area contributed by atoms with Gasteiger partial charge in [-0.1, -0.05) is 238 Å². The SMILES string of the molecule is CC/C=C\C/C=C\C/C=C\C/C=C\C/C=C\C/C=C\C/C=C\C/C=C\C/C=C\CCCCCC(=O)NC(COC1OC(CO)C(OC2OC(CO)C(O)C(O)C2O)C(O)C1O)C(O)/C=C/CCCCCCCCCCCCCCCCCC. The smallest absolute Gasteiger partial charge is 0.220 e. The van der Waals surface area contributed by atoms with Crippen LogP contribution in [0, 0.1) is 0 Å². The average molecular weight is 1170 g/mol. The molecule has 0 aliphatic carbocycles. The van der Waals surface area contributed by atoms with Crippen molar-refractivity contribution in [2.45, 2.75) is 286 Å². The summed E-state index contributed by atoms with van der Waals surface area (Å²) in [6.07, 6.45) is 59.4. The van der Waals surface area contributed by atoms with Crippen LogP contribution in [0.15, 0.2) is 122 Å². The maximum absolute atomic E-state index is 13.3. The van der Waals surface area contributed by atoms with Crippen molar-refractivity contribution in [3.8, 4) is 0 Å². The van der Waals surface area contributed by atoms with Crippen LogP contribution in [0.25, 0.3) is 0 Å². The van der Waals surface area contributed by atoms with Crippen molar-refractivity contribution in [3.63, 3.8) is 0 Å². The molecule has 2 rings (SSSR count). The van der Waals surface area contributed by atoms with Gasteiger partial charge in [0, 0.05) is 6.42 Å². The molecule has 0 radical (unpaired) electrons. The summed E-state index contributed by atoms with van der Waals surface area (Å²) in [5.41, 5.74) is 0. The summed E-state index contributed by atoms with van der Waals surface area (Å²) in [6, 6.07) is -0.942. The monoisotopic (exact) mass is 1170 g/mol. The van der Waals surface area contributed by atoms with Crippen LogP contribution in [-0.2, 0) is 23.7 Å². The van der Waals surface area contributed by atoms with E-state index in [0.29, 0.717) is 6.42 Å². The maximum Gasteiger partial charge on any atom is 0.220 e. The van der Waals surface area contributed by atoms with Crippen LogP contribution in [0.2, 0.25) is 0 Å². The molecule has 474 valence electrons. The molecule has 0 saturated carbocycles. The molecule has 2 heterocycles. The molecule has 2 aliphatic heterocycles. The highest BCUT2D eigenvalue weighted by Crippen LogP contribution is 2.30. The molecular weight excluding hydrogens is 1050 g/mol. The first kappa shape index (κ1) is 75.5. The molecule has 12 unspecified atom stereocenters. The van der Waals surface area contributed by atoms with Gasteiger partial charge in [-0.3, -0.25) is 4.79 Å². The Labute approximate surface area is 501 Å². The number of rotatable bonds is 50. The number of aliphatic hydroxyl groups excluding tert-OH is 8. The largest absolute Gasteiger partial charge is 0.394 e. The standard InChI is InChI=1S/C69H115NO13/c1-3-5-7-9-11-13-15-17-19-21-23-24-25-26-27-28-29-30-31-32-33-34-35-37-39-41-43-45-47-49-51-53-61(74)70-57(58(73)52-50-48-46-44-42-40-38-36-22-20-18-16-14-12-10-8-6-4-2)56-80-68-66(79)64(77)67(60(55-72)82-68)83-69-65(78)63(76)62(75)59(54-71)81-69/h5,7,11,13,17,19,23-24,26-27,29-30,32-33,35,37,41,43,50,52,57-60,62-69,71-73,75-79H,3-4,6,8-10,12,14-16,18,20-22,25,28,31,34,36,38-40,42,44-49,51,53-56H2,1-2H3,(H,70,74)/b7-5-,13-11-,19-17-,24-23-,27-26-,30-29-,33-32-,37-35-,43-41-,52-50+. The topological polar surface area (TPSA) is 228 Å². The van der Waals surface area contributed by atoms with E-state index in [0.717, 1.165) is 96.3 Å². The zero-order valence-electron chi connectivity index (χ0n) is 51.1. The van der Waals surface area contributed by atoms with Gasteiger partial charge in [0.2, 0.25) is 5.91 Å². The fourth-order valence-corrected chi connectivity index (χ4v) is 9.75. The number of carbonyl (C=O) groups is 1. The molecule has 1 amide bonds. The lowest BCUT2D eigenvalue weighted by atomic mass is 9.97. The van der Waals surface area contributed by atoms with Crippen molar-refractivity contribution in [2.24, 2.45) is 0 Å². The Morgan fingerprint density at radius 3 is 1.28 bits per heavy atom. The van der Waals surface area contributed by atoms with Gasteiger partial charge in [-0.15, -0.1) is 0 Å². The minimum atomic E-state index is -1.80. The Balaban J connectivity index is 1.75. The molecule has 9 N–H and O–H groups in total. The fraction of sp³-hybridized carbons (Fsp3) is 0.696. The molecule has 0 bridgehead atoms. The number of hydrogen-bond donors (Lipinski definition) is 9. The van der Waals surface area contributed by atoms with E-state index in [2.05, 4.69) is 129 Å². The number of aliphatic hydroxyl groups is 8. The number of ether oxygens (including phenoxy) is 4. The van der Waals surface area contributed by atoms with Gasteiger partial charge in [0.25, 0.3) is 0 Å². The minimum absolute atomic E-state index is 0.233. The Bertz CT molecular complexity index is 1850. The maximum atomic E-state index is 13.3. The van der Waals surface area contributed by atoms with Crippen molar-refractivity contribution in [2.75, 3.05) is 19.8 Å². The van der Waals surface area contributed by atoms with Gasteiger partial charge in [0.1, 0.15) is 48.8 Å². The number of hydrogen-bond acceptors (Lipinski definition) is 13. The van der Waals surface area contributed by atoms with Gasteiger partial charge in [0.05, 0.1) is 32.0 Å². The third-order valence-corrected chi connectivity index (χ3v) is 14.9. The van der Waals surface area contributed by atoms with Crippen molar-refractivity contribution in [3.05, 3.63) is 122 Å². The van der Waals surface area contributed by atoms with Gasteiger partial charge < -0.3 is 65.1 Å². The number of carbonyl (C=O) groups excluding carboxylic acids is 1. The third-order valence-electron chi connectivity index (χ3n) is 14.9. The summed E-state index contributed by atoms with van der Waals surface area (Å²) in [5, 5.41) is 87.2. The van der Waals surface area contributed by atoms with E-state index in [1.54, 1.807) is 6.08 Å². The molecule has 12 atom stereocenters. The lowest BCUT2D eigenvalue weighted by Crippen LogP contribution is -2.65. The number of nitrogens with one attached hydrogen (secondary N) is 1. The first-order valence-electron chi connectivity index (χ1n) is 32.3. The first-order chi connectivity index (χ1) is 40.6. The quantitative estimate of drug-likeness (QED) is 0.0204. The van der Waals surface area contributed by atoms with Gasteiger partial charge >= 0.3 is 0 Å². The Morgan fingerprint density at radius 1 is 0.446 bits per heavy atom. The van der Waals surface area contributed by atoms with Crippen molar-refractivity contribution in [1.82, 2.24) is 5.32 Å². The van der Waals surface area contributed by atoms with Crippen LogP contribution in [0.1, 0.15) is 213 Å². The third kappa shape index (κ3) is 37.5. The molecule has 2 saturated heterocycles. The molecule has 0 spiro atoms. The summed E-state index contributed by atoms with van der Waals surface area (Å²) in [6.45, 7) is 2.66. The zero-order chi connectivity index (χ0) is 60.2. The van der Waals surface area contributed by atoms with E-state index in [1.807, 2.05) is 6.08 Å². The van der Waals surface area contributed by atoms with Crippen LogP contribution in [0.5, 0.6) is 0 Å². The molecule has 14 nitrogen and oxygen atoms in total. The van der Waals surface area contributed by atoms with E-state index in [1.165, 1.54) is 89.9 Å². The van der Waals surface area contributed by atoms with Crippen LogP contribution in [-0.4, -0.2) is 140 Å². The molecule has 14 heteroatoms. The predicted octanol–water partition coefficient (Wildman–Crippen LogP) is 12.2. The van der Waals surface area contributed by atoms with E-state index in [9.17, 15) is 45.6 Å². The first-order valence-corrected chi connectivity index (χ1v) is 32.3. The number of allylic oxidation sites excluding steroid dienone is 19. The molecular formula is C69H115NO13. The average Bonchev–Trinajstić information content (AvgIpc) is 3.64. The van der Waals surface area contributed by atoms with E-state index in [4.69, 9.17) is 18.9 Å². The highest BCUT2D eigenvalue weighted by Gasteiger charge is 2.51. The van der Waals surface area contributed by atoms with E-state index in [-0.39, 0.29) is 18.9 Å². The Morgan fingerprint density at radius 2 is 0.831 bits per heavy atom. The van der Waals surface area contributed by atoms with Crippen LogP contribution in [0.3, 0.4) is 0 Å². The van der Waals surface area contributed by atoms with E-state index < -0.39 is 86.8 Å². The van der Waals surface area contributed by atoms with Crippen LogP contribution >= 0.6 is 0 Å². The summed E-state index contributed by atoms with van der Waals surface area (Å²) < 4.78 is 22.8. The second kappa shape index (κ2) is 52.7. The molecule has 0 aromatic heterocycles.